The van der Waals surface area contributed by atoms with Gasteiger partial charge in [0.05, 0.1) is 20.8 Å². The van der Waals surface area contributed by atoms with E-state index < -0.39 is 0 Å². The summed E-state index contributed by atoms with van der Waals surface area (Å²) in [4.78, 5) is 15.5. The molecule has 170 valence electrons. The number of amides is 1. The van der Waals surface area contributed by atoms with Gasteiger partial charge in [-0.1, -0.05) is 30.3 Å². The summed E-state index contributed by atoms with van der Waals surface area (Å²) in [7, 11) is 4.80. The highest BCUT2D eigenvalue weighted by molar-refractivity contribution is 5.99. The van der Waals surface area contributed by atoms with Crippen LogP contribution in [0.15, 0.2) is 60.8 Å². The molecule has 6 nitrogen and oxygen atoms in total. The maximum Gasteiger partial charge on any atom is 0.261 e. The Hall–Kier alpha value is -3.25. The smallest absolute Gasteiger partial charge is 0.261 e. The number of nitrogens with zero attached hydrogens (tertiary/aromatic N) is 2. The van der Waals surface area contributed by atoms with E-state index >= 15 is 0 Å². The first-order valence-electron chi connectivity index (χ1n) is 10.8. The van der Waals surface area contributed by atoms with E-state index in [4.69, 9.17) is 14.2 Å². The molecule has 1 heterocycles. The van der Waals surface area contributed by atoms with Crippen LogP contribution in [0.3, 0.4) is 0 Å². The number of aryl methyl sites for hydroxylation is 1. The molecule has 2 aromatic carbocycles. The van der Waals surface area contributed by atoms with Crippen molar-refractivity contribution >= 4 is 5.91 Å². The zero-order valence-electron chi connectivity index (χ0n) is 19.3. The van der Waals surface area contributed by atoms with Crippen LogP contribution < -0.4 is 9.47 Å². The number of aromatic nitrogens is 1. The van der Waals surface area contributed by atoms with Crippen molar-refractivity contribution < 1.29 is 19.0 Å². The maximum atomic E-state index is 13.7. The van der Waals surface area contributed by atoms with Gasteiger partial charge in [0.25, 0.3) is 5.91 Å². The summed E-state index contributed by atoms with van der Waals surface area (Å²) in [5.74, 6) is 0.877. The second-order valence-corrected chi connectivity index (χ2v) is 7.66. The zero-order valence-corrected chi connectivity index (χ0v) is 19.3. The fourth-order valence-corrected chi connectivity index (χ4v) is 3.79. The Morgan fingerprint density at radius 1 is 0.938 bits per heavy atom. The van der Waals surface area contributed by atoms with E-state index in [-0.39, 0.29) is 5.91 Å². The average Bonchev–Trinajstić information content (AvgIpc) is 3.25. The topological polar surface area (TPSA) is 52.9 Å². The minimum atomic E-state index is -0.126. The van der Waals surface area contributed by atoms with Crippen LogP contribution in [-0.2, 0) is 17.8 Å². The van der Waals surface area contributed by atoms with E-state index in [1.54, 1.807) is 33.5 Å². The first-order valence-corrected chi connectivity index (χ1v) is 10.8. The summed E-state index contributed by atoms with van der Waals surface area (Å²) in [5, 5.41) is 0. The number of hydrogen-bond donors (Lipinski definition) is 0. The van der Waals surface area contributed by atoms with Crippen molar-refractivity contribution in [2.75, 3.05) is 34.5 Å². The van der Waals surface area contributed by atoms with Crippen molar-refractivity contribution in [2.45, 2.75) is 26.4 Å². The third kappa shape index (κ3) is 5.51. The Morgan fingerprint density at radius 3 is 2.31 bits per heavy atom. The van der Waals surface area contributed by atoms with E-state index in [1.165, 1.54) is 11.1 Å². The second-order valence-electron chi connectivity index (χ2n) is 7.66. The summed E-state index contributed by atoms with van der Waals surface area (Å²) in [6.07, 6.45) is 2.79. The van der Waals surface area contributed by atoms with Gasteiger partial charge >= 0.3 is 0 Å². The van der Waals surface area contributed by atoms with E-state index in [2.05, 4.69) is 42.0 Å². The van der Waals surface area contributed by atoms with Crippen molar-refractivity contribution in [3.05, 3.63) is 83.2 Å². The molecule has 0 spiro atoms. The molecule has 32 heavy (non-hydrogen) atoms. The quantitative estimate of drug-likeness (QED) is 0.414. The highest BCUT2D eigenvalue weighted by Gasteiger charge is 2.24. The highest BCUT2D eigenvalue weighted by atomic mass is 16.5. The molecule has 0 aliphatic carbocycles. The van der Waals surface area contributed by atoms with Crippen LogP contribution in [0.25, 0.3) is 0 Å². The van der Waals surface area contributed by atoms with Crippen molar-refractivity contribution in [1.29, 1.82) is 0 Å². The number of rotatable bonds is 11. The molecule has 0 radical (unpaired) electrons. The van der Waals surface area contributed by atoms with Gasteiger partial charge in [0.15, 0.2) is 0 Å². The first kappa shape index (κ1) is 23.4. The molecule has 0 aliphatic rings. The van der Waals surface area contributed by atoms with Crippen LogP contribution in [-0.4, -0.2) is 49.9 Å². The molecule has 0 unspecified atom stereocenters. The van der Waals surface area contributed by atoms with Gasteiger partial charge in [-0.25, -0.2) is 0 Å². The zero-order chi connectivity index (χ0) is 22.9. The SMILES string of the molecule is COCCCN(Cc1cccn1Cc1ccccc1C)C(=O)c1c(OC)cccc1OC. The van der Waals surface area contributed by atoms with Crippen molar-refractivity contribution in [2.24, 2.45) is 0 Å². The predicted octanol–water partition coefficient (Wildman–Crippen LogP) is 4.54. The minimum Gasteiger partial charge on any atom is -0.496 e. The van der Waals surface area contributed by atoms with Crippen molar-refractivity contribution in [3.8, 4) is 11.5 Å². The summed E-state index contributed by atoms with van der Waals surface area (Å²) in [6.45, 7) is 4.49. The van der Waals surface area contributed by atoms with Crippen LogP contribution in [0.5, 0.6) is 11.5 Å². The molecule has 1 aromatic heterocycles. The number of carbonyl (C=O) groups excluding carboxylic acids is 1. The molecule has 0 saturated heterocycles. The lowest BCUT2D eigenvalue weighted by molar-refractivity contribution is 0.0713. The maximum absolute atomic E-state index is 13.7. The van der Waals surface area contributed by atoms with E-state index in [0.29, 0.717) is 36.8 Å². The molecular formula is C26H32N2O4. The molecule has 0 N–H and O–H groups in total. The fraction of sp³-hybridized carbons (Fsp3) is 0.346. The van der Waals surface area contributed by atoms with Gasteiger partial charge in [-0.3, -0.25) is 4.79 Å². The largest absolute Gasteiger partial charge is 0.496 e. The number of hydrogen-bond acceptors (Lipinski definition) is 4. The Kier molecular flexibility index (Phi) is 8.34. The molecule has 1 amide bonds. The average molecular weight is 437 g/mol. The predicted molar refractivity (Wildman–Crippen MR) is 125 cm³/mol. The van der Waals surface area contributed by atoms with Gasteiger partial charge in [0.2, 0.25) is 0 Å². The number of methoxy groups -OCH3 is 3. The van der Waals surface area contributed by atoms with Gasteiger partial charge in [-0.15, -0.1) is 0 Å². The molecule has 0 atom stereocenters. The van der Waals surface area contributed by atoms with E-state index in [9.17, 15) is 4.79 Å². The van der Waals surface area contributed by atoms with Crippen LogP contribution in [0.4, 0.5) is 0 Å². The standard InChI is InChI=1S/C26H32N2O4/c1-20-10-5-6-11-21(20)18-27-15-8-12-22(27)19-28(16-9-17-30-2)26(29)25-23(31-3)13-7-14-24(25)32-4/h5-8,10-15H,9,16-19H2,1-4H3. The minimum absolute atomic E-state index is 0.126. The van der Waals surface area contributed by atoms with Crippen LogP contribution in [0, 0.1) is 6.92 Å². The Labute approximate surface area is 190 Å². The molecular weight excluding hydrogens is 404 g/mol. The summed E-state index contributed by atoms with van der Waals surface area (Å²) >= 11 is 0. The molecule has 0 saturated carbocycles. The summed E-state index contributed by atoms with van der Waals surface area (Å²) in [6, 6.07) is 17.8. The molecule has 3 rings (SSSR count). The van der Waals surface area contributed by atoms with Gasteiger partial charge in [0, 0.05) is 38.7 Å². The summed E-state index contributed by atoms with van der Waals surface area (Å²) in [5.41, 5.74) is 4.01. The molecule has 0 bridgehead atoms. The second kappa shape index (κ2) is 11.4. The fourth-order valence-electron chi connectivity index (χ4n) is 3.79. The van der Waals surface area contributed by atoms with Crippen LogP contribution >= 0.6 is 0 Å². The van der Waals surface area contributed by atoms with Gasteiger partial charge in [-0.05, 0) is 48.7 Å². The van der Waals surface area contributed by atoms with E-state index in [0.717, 1.165) is 18.7 Å². The van der Waals surface area contributed by atoms with E-state index in [1.807, 2.05) is 23.1 Å². The number of ether oxygens (including phenoxy) is 3. The van der Waals surface area contributed by atoms with Crippen LogP contribution in [0.2, 0.25) is 0 Å². The van der Waals surface area contributed by atoms with Crippen molar-refractivity contribution in [3.63, 3.8) is 0 Å². The molecule has 0 fully saturated rings. The van der Waals surface area contributed by atoms with Gasteiger partial charge < -0.3 is 23.7 Å². The molecule has 3 aromatic rings. The van der Waals surface area contributed by atoms with Crippen LogP contribution in [0.1, 0.15) is 33.6 Å². The number of benzene rings is 2. The Balaban J connectivity index is 1.89. The van der Waals surface area contributed by atoms with Crippen molar-refractivity contribution in [1.82, 2.24) is 9.47 Å². The number of carbonyl (C=O) groups is 1. The van der Waals surface area contributed by atoms with Gasteiger partial charge in [0.1, 0.15) is 17.1 Å². The first-order chi connectivity index (χ1) is 15.6. The normalized spacial score (nSPS) is 10.8. The highest BCUT2D eigenvalue weighted by Crippen LogP contribution is 2.30. The Bertz CT molecular complexity index is 1010. The third-order valence-electron chi connectivity index (χ3n) is 5.58. The molecule has 6 heteroatoms. The summed E-state index contributed by atoms with van der Waals surface area (Å²) < 4.78 is 18.4. The Morgan fingerprint density at radius 2 is 1.66 bits per heavy atom. The third-order valence-corrected chi connectivity index (χ3v) is 5.58. The lowest BCUT2D eigenvalue weighted by Crippen LogP contribution is -2.33. The lowest BCUT2D eigenvalue weighted by atomic mass is 10.1. The monoisotopic (exact) mass is 436 g/mol. The molecule has 0 aliphatic heterocycles. The van der Waals surface area contributed by atoms with Gasteiger partial charge in [-0.2, -0.15) is 0 Å². The lowest BCUT2D eigenvalue weighted by Gasteiger charge is -2.25.